The van der Waals surface area contributed by atoms with Crippen molar-refractivity contribution in [3.8, 4) is 0 Å². The van der Waals surface area contributed by atoms with Crippen molar-refractivity contribution in [2.45, 2.75) is 9.24 Å². The number of nitrogens with two attached hydrogens (primary N) is 1. The Morgan fingerprint density at radius 2 is 2.29 bits per heavy atom. The molecule has 72 valence electrons. The number of halogens is 1. The van der Waals surface area contributed by atoms with Crippen LogP contribution in [-0.2, 0) is 0 Å². The third-order valence-corrected chi connectivity index (χ3v) is 3.64. The van der Waals surface area contributed by atoms with Crippen LogP contribution >= 0.6 is 34.7 Å². The molecule has 0 amide bonds. The number of nitrogen functional groups attached to an aromatic ring is 1. The van der Waals surface area contributed by atoms with E-state index in [2.05, 4.69) is 4.98 Å². The monoisotopic (exact) mass is 242 g/mol. The number of nitrogens with zero attached hydrogens (tertiary/aromatic N) is 1. The van der Waals surface area contributed by atoms with E-state index in [-0.39, 0.29) is 0 Å². The second-order valence-corrected chi connectivity index (χ2v) is 5.25. The van der Waals surface area contributed by atoms with E-state index in [1.54, 1.807) is 29.2 Å². The molecule has 0 bridgehead atoms. The number of pyridine rings is 1. The van der Waals surface area contributed by atoms with E-state index in [9.17, 15) is 0 Å². The maximum absolute atomic E-state index is 5.79. The Balaban J connectivity index is 2.25. The number of anilines is 1. The highest BCUT2D eigenvalue weighted by Gasteiger charge is 2.02. The lowest BCUT2D eigenvalue weighted by Gasteiger charge is -2.00. The van der Waals surface area contributed by atoms with Crippen LogP contribution in [0.3, 0.4) is 0 Å². The molecule has 0 saturated heterocycles. The van der Waals surface area contributed by atoms with E-state index in [0.29, 0.717) is 10.8 Å². The molecule has 0 aliphatic rings. The standard InChI is InChI=1S/C9H7ClN2S2/c10-7-4-6(11)5-8(12-7)14-9-2-1-3-13-9/h1-5H,(H2,11,12). The highest BCUT2D eigenvalue weighted by Crippen LogP contribution is 2.31. The van der Waals surface area contributed by atoms with Crippen molar-refractivity contribution in [1.82, 2.24) is 4.98 Å². The van der Waals surface area contributed by atoms with E-state index >= 15 is 0 Å². The first-order valence-electron chi connectivity index (χ1n) is 3.88. The molecule has 0 aliphatic heterocycles. The van der Waals surface area contributed by atoms with Gasteiger partial charge in [-0.05, 0) is 23.6 Å². The molecule has 2 aromatic rings. The van der Waals surface area contributed by atoms with Crippen molar-refractivity contribution in [3.63, 3.8) is 0 Å². The van der Waals surface area contributed by atoms with Gasteiger partial charge in [0.15, 0.2) is 0 Å². The molecule has 0 radical (unpaired) electrons. The SMILES string of the molecule is Nc1cc(Cl)nc(Sc2cccs2)c1. The minimum Gasteiger partial charge on any atom is -0.399 e. The van der Waals surface area contributed by atoms with Crippen molar-refractivity contribution in [2.24, 2.45) is 0 Å². The van der Waals surface area contributed by atoms with Crippen LogP contribution < -0.4 is 5.73 Å². The van der Waals surface area contributed by atoms with Gasteiger partial charge >= 0.3 is 0 Å². The van der Waals surface area contributed by atoms with Crippen LogP contribution in [0.25, 0.3) is 0 Å². The Hall–Kier alpha value is -0.710. The van der Waals surface area contributed by atoms with Crippen LogP contribution in [-0.4, -0.2) is 4.98 Å². The van der Waals surface area contributed by atoms with Gasteiger partial charge in [0.25, 0.3) is 0 Å². The van der Waals surface area contributed by atoms with Crippen LogP contribution in [0.1, 0.15) is 0 Å². The zero-order valence-electron chi connectivity index (χ0n) is 7.11. The zero-order chi connectivity index (χ0) is 9.97. The van der Waals surface area contributed by atoms with E-state index in [1.807, 2.05) is 23.6 Å². The Bertz CT molecular complexity index is 408. The number of hydrogen-bond acceptors (Lipinski definition) is 4. The molecule has 0 saturated carbocycles. The van der Waals surface area contributed by atoms with Crippen LogP contribution in [0.4, 0.5) is 5.69 Å². The van der Waals surface area contributed by atoms with Crippen molar-refractivity contribution in [2.75, 3.05) is 5.73 Å². The van der Waals surface area contributed by atoms with Gasteiger partial charge in [-0.1, -0.05) is 29.4 Å². The minimum absolute atomic E-state index is 0.434. The third kappa shape index (κ3) is 2.41. The summed E-state index contributed by atoms with van der Waals surface area (Å²) < 4.78 is 1.18. The second kappa shape index (κ2) is 4.21. The van der Waals surface area contributed by atoms with Gasteiger partial charge in [0.1, 0.15) is 10.2 Å². The fourth-order valence-corrected chi connectivity index (χ4v) is 2.99. The lowest BCUT2D eigenvalue weighted by Crippen LogP contribution is -1.87. The summed E-state index contributed by atoms with van der Waals surface area (Å²) in [6, 6.07) is 7.49. The molecule has 0 aliphatic carbocycles. The lowest BCUT2D eigenvalue weighted by molar-refractivity contribution is 1.14. The first-order valence-corrected chi connectivity index (χ1v) is 5.96. The molecule has 2 aromatic heterocycles. The van der Waals surface area contributed by atoms with Crippen molar-refractivity contribution >= 4 is 40.4 Å². The van der Waals surface area contributed by atoms with Gasteiger partial charge in [0.2, 0.25) is 0 Å². The van der Waals surface area contributed by atoms with E-state index in [1.165, 1.54) is 4.21 Å². The Labute approximate surface area is 95.1 Å². The Kier molecular flexibility index (Phi) is 2.96. The topological polar surface area (TPSA) is 38.9 Å². The van der Waals surface area contributed by atoms with Crippen LogP contribution in [0.5, 0.6) is 0 Å². The number of aromatic nitrogens is 1. The van der Waals surface area contributed by atoms with Crippen molar-refractivity contribution < 1.29 is 0 Å². The maximum atomic E-state index is 5.79. The van der Waals surface area contributed by atoms with Crippen molar-refractivity contribution in [1.29, 1.82) is 0 Å². The number of thiophene rings is 1. The lowest BCUT2D eigenvalue weighted by atomic mass is 10.4. The molecule has 0 spiro atoms. The molecule has 2 heterocycles. The normalized spacial score (nSPS) is 10.4. The largest absolute Gasteiger partial charge is 0.399 e. The molecule has 0 aromatic carbocycles. The summed E-state index contributed by atoms with van der Waals surface area (Å²) in [6.07, 6.45) is 0. The summed E-state index contributed by atoms with van der Waals surface area (Å²) in [6.45, 7) is 0. The number of hydrogen-bond donors (Lipinski definition) is 1. The number of rotatable bonds is 2. The molecular formula is C9H7ClN2S2. The van der Waals surface area contributed by atoms with Crippen molar-refractivity contribution in [3.05, 3.63) is 34.8 Å². The van der Waals surface area contributed by atoms with E-state index < -0.39 is 0 Å². The minimum atomic E-state index is 0.434. The Morgan fingerprint density at radius 1 is 1.43 bits per heavy atom. The molecular weight excluding hydrogens is 236 g/mol. The molecule has 0 fully saturated rings. The molecule has 2 N–H and O–H groups in total. The van der Waals surface area contributed by atoms with Gasteiger partial charge in [-0.15, -0.1) is 11.3 Å². The molecule has 5 heteroatoms. The highest BCUT2D eigenvalue weighted by molar-refractivity contribution is 8.01. The summed E-state index contributed by atoms with van der Waals surface area (Å²) in [4.78, 5) is 4.16. The van der Waals surface area contributed by atoms with Crippen LogP contribution in [0.15, 0.2) is 38.9 Å². The molecule has 14 heavy (non-hydrogen) atoms. The molecule has 0 atom stereocenters. The predicted molar refractivity (Wildman–Crippen MR) is 62.1 cm³/mol. The second-order valence-electron chi connectivity index (χ2n) is 2.60. The smallest absolute Gasteiger partial charge is 0.132 e. The first-order chi connectivity index (χ1) is 6.74. The van der Waals surface area contributed by atoms with Gasteiger partial charge in [0, 0.05) is 5.69 Å². The summed E-state index contributed by atoms with van der Waals surface area (Å²) >= 11 is 9.02. The maximum Gasteiger partial charge on any atom is 0.132 e. The van der Waals surface area contributed by atoms with Gasteiger partial charge in [-0.25, -0.2) is 4.98 Å². The highest BCUT2D eigenvalue weighted by atomic mass is 35.5. The summed E-state index contributed by atoms with van der Waals surface area (Å²) in [5.41, 5.74) is 6.30. The fourth-order valence-electron chi connectivity index (χ4n) is 0.968. The molecule has 0 unspecified atom stereocenters. The quantitative estimate of drug-likeness (QED) is 0.819. The van der Waals surface area contributed by atoms with Gasteiger partial charge in [-0.2, -0.15) is 0 Å². The fraction of sp³-hybridized carbons (Fsp3) is 0. The molecule has 2 nitrogen and oxygen atoms in total. The first kappa shape index (κ1) is 9.83. The zero-order valence-corrected chi connectivity index (χ0v) is 9.49. The van der Waals surface area contributed by atoms with Crippen LogP contribution in [0, 0.1) is 0 Å². The molecule has 2 rings (SSSR count). The summed E-state index contributed by atoms with van der Waals surface area (Å²) in [5.74, 6) is 0. The van der Waals surface area contributed by atoms with Gasteiger partial charge in [0.05, 0.1) is 4.21 Å². The average Bonchev–Trinajstić information content (AvgIpc) is 2.54. The van der Waals surface area contributed by atoms with E-state index in [4.69, 9.17) is 17.3 Å². The average molecular weight is 243 g/mol. The summed E-state index contributed by atoms with van der Waals surface area (Å²) in [7, 11) is 0. The predicted octanol–water partition coefficient (Wildman–Crippen LogP) is 3.53. The van der Waals surface area contributed by atoms with Crippen LogP contribution in [0.2, 0.25) is 5.15 Å². The third-order valence-electron chi connectivity index (χ3n) is 1.49. The Morgan fingerprint density at radius 3 is 2.93 bits per heavy atom. The van der Waals surface area contributed by atoms with E-state index in [0.717, 1.165) is 5.03 Å². The summed E-state index contributed by atoms with van der Waals surface area (Å²) in [5, 5.41) is 3.29. The van der Waals surface area contributed by atoms with Gasteiger partial charge in [-0.3, -0.25) is 0 Å². The van der Waals surface area contributed by atoms with Gasteiger partial charge < -0.3 is 5.73 Å².